The van der Waals surface area contributed by atoms with E-state index in [9.17, 15) is 4.79 Å². The Balaban J connectivity index is 1.70. The predicted molar refractivity (Wildman–Crippen MR) is 108 cm³/mol. The molecule has 3 heterocycles. The summed E-state index contributed by atoms with van der Waals surface area (Å²) >= 11 is 0. The SMILES string of the molecule is CC(C)(C)c1cc2c(c([C@@H]3CCCN3)c1)CN(C(=O)c1ccccn1)CC2. The number of benzene rings is 1. The van der Waals surface area contributed by atoms with Crippen molar-refractivity contribution >= 4 is 5.91 Å². The van der Waals surface area contributed by atoms with Crippen LogP contribution in [0, 0.1) is 0 Å². The number of hydrogen-bond donors (Lipinski definition) is 1. The van der Waals surface area contributed by atoms with Gasteiger partial charge in [-0.3, -0.25) is 9.78 Å². The van der Waals surface area contributed by atoms with Gasteiger partial charge in [-0.2, -0.15) is 0 Å². The third-order valence-electron chi connectivity index (χ3n) is 5.85. The number of aromatic nitrogens is 1. The van der Waals surface area contributed by atoms with Crippen molar-refractivity contribution in [2.45, 2.75) is 58.0 Å². The van der Waals surface area contributed by atoms with E-state index in [4.69, 9.17) is 0 Å². The van der Waals surface area contributed by atoms with Gasteiger partial charge in [0, 0.05) is 25.3 Å². The van der Waals surface area contributed by atoms with Crippen LogP contribution >= 0.6 is 0 Å². The van der Waals surface area contributed by atoms with Crippen LogP contribution in [-0.4, -0.2) is 28.9 Å². The molecule has 0 spiro atoms. The van der Waals surface area contributed by atoms with Crippen LogP contribution in [0.4, 0.5) is 0 Å². The van der Waals surface area contributed by atoms with Crippen molar-refractivity contribution in [3.05, 3.63) is 64.5 Å². The Morgan fingerprint density at radius 3 is 2.78 bits per heavy atom. The number of fused-ring (bicyclic) bond motifs is 1. The topological polar surface area (TPSA) is 45.2 Å². The summed E-state index contributed by atoms with van der Waals surface area (Å²) in [6, 6.07) is 10.7. The third-order valence-corrected chi connectivity index (χ3v) is 5.85. The predicted octanol–water partition coefficient (Wildman–Crippen LogP) is 4.00. The maximum absolute atomic E-state index is 12.9. The first kappa shape index (κ1) is 18.2. The zero-order valence-electron chi connectivity index (χ0n) is 16.6. The minimum Gasteiger partial charge on any atom is -0.333 e. The van der Waals surface area contributed by atoms with Crippen LogP contribution in [0.5, 0.6) is 0 Å². The second-order valence-corrected chi connectivity index (χ2v) is 8.79. The number of nitrogens with one attached hydrogen (secondary N) is 1. The van der Waals surface area contributed by atoms with Gasteiger partial charge in [0.25, 0.3) is 5.91 Å². The molecule has 0 radical (unpaired) electrons. The first-order valence-electron chi connectivity index (χ1n) is 10.0. The zero-order chi connectivity index (χ0) is 19.0. The quantitative estimate of drug-likeness (QED) is 0.877. The average molecular weight is 364 g/mol. The van der Waals surface area contributed by atoms with E-state index < -0.39 is 0 Å². The summed E-state index contributed by atoms with van der Waals surface area (Å²) < 4.78 is 0. The first-order valence-corrected chi connectivity index (χ1v) is 10.0. The molecule has 1 aromatic heterocycles. The van der Waals surface area contributed by atoms with Crippen LogP contribution in [-0.2, 0) is 18.4 Å². The molecule has 1 fully saturated rings. The maximum Gasteiger partial charge on any atom is 0.272 e. The van der Waals surface area contributed by atoms with Gasteiger partial charge < -0.3 is 10.2 Å². The lowest BCUT2D eigenvalue weighted by atomic mass is 9.80. The average Bonchev–Trinajstić information content (AvgIpc) is 3.20. The summed E-state index contributed by atoms with van der Waals surface area (Å²) in [4.78, 5) is 19.1. The van der Waals surface area contributed by atoms with E-state index in [0.717, 1.165) is 19.5 Å². The minimum atomic E-state index is 0.0338. The van der Waals surface area contributed by atoms with E-state index >= 15 is 0 Å². The smallest absolute Gasteiger partial charge is 0.272 e. The summed E-state index contributed by atoms with van der Waals surface area (Å²) in [6.45, 7) is 9.35. The number of carbonyl (C=O) groups excluding carboxylic acids is 1. The molecule has 2 aliphatic heterocycles. The summed E-state index contributed by atoms with van der Waals surface area (Å²) in [5.41, 5.74) is 6.22. The molecule has 0 bridgehead atoms. The molecule has 4 heteroatoms. The first-order chi connectivity index (χ1) is 12.9. The van der Waals surface area contributed by atoms with E-state index in [1.54, 1.807) is 12.3 Å². The van der Waals surface area contributed by atoms with Gasteiger partial charge in [-0.15, -0.1) is 0 Å². The van der Waals surface area contributed by atoms with Crippen molar-refractivity contribution in [1.82, 2.24) is 15.2 Å². The monoisotopic (exact) mass is 363 g/mol. The number of nitrogens with zero attached hydrogens (tertiary/aromatic N) is 2. The van der Waals surface area contributed by atoms with Gasteiger partial charge >= 0.3 is 0 Å². The molecule has 2 aromatic rings. The molecule has 0 unspecified atom stereocenters. The van der Waals surface area contributed by atoms with Crippen LogP contribution in [0.1, 0.15) is 72.4 Å². The molecule has 1 N–H and O–H groups in total. The largest absolute Gasteiger partial charge is 0.333 e. The second kappa shape index (κ2) is 7.08. The van der Waals surface area contributed by atoms with E-state index in [-0.39, 0.29) is 11.3 Å². The number of amides is 1. The van der Waals surface area contributed by atoms with Gasteiger partial charge in [-0.25, -0.2) is 0 Å². The Morgan fingerprint density at radius 1 is 1.26 bits per heavy atom. The normalized spacial score (nSPS) is 19.8. The lowest BCUT2D eigenvalue weighted by molar-refractivity contribution is 0.0728. The fraction of sp³-hybridized carbons (Fsp3) is 0.478. The summed E-state index contributed by atoms with van der Waals surface area (Å²) in [7, 11) is 0. The van der Waals surface area contributed by atoms with Crippen molar-refractivity contribution in [2.75, 3.05) is 13.1 Å². The van der Waals surface area contributed by atoms with Gasteiger partial charge in [0.1, 0.15) is 5.69 Å². The van der Waals surface area contributed by atoms with Crippen LogP contribution < -0.4 is 5.32 Å². The Bertz CT molecular complexity index is 833. The van der Waals surface area contributed by atoms with Crippen LogP contribution in [0.3, 0.4) is 0 Å². The molecule has 4 nitrogen and oxygen atoms in total. The highest BCUT2D eigenvalue weighted by molar-refractivity contribution is 5.92. The van der Waals surface area contributed by atoms with Crippen molar-refractivity contribution < 1.29 is 4.79 Å². The molecule has 1 atom stereocenters. The lowest BCUT2D eigenvalue weighted by Gasteiger charge is -2.33. The van der Waals surface area contributed by atoms with Gasteiger partial charge in [0.2, 0.25) is 0 Å². The van der Waals surface area contributed by atoms with Crippen molar-refractivity contribution in [3.63, 3.8) is 0 Å². The number of hydrogen-bond acceptors (Lipinski definition) is 3. The Kier molecular flexibility index (Phi) is 4.77. The molecule has 4 rings (SSSR count). The zero-order valence-corrected chi connectivity index (χ0v) is 16.6. The number of rotatable bonds is 2. The highest BCUT2D eigenvalue weighted by Crippen LogP contribution is 2.36. The van der Waals surface area contributed by atoms with E-state index in [2.05, 4.69) is 43.2 Å². The molecular weight excluding hydrogens is 334 g/mol. The number of pyridine rings is 1. The summed E-state index contributed by atoms with van der Waals surface area (Å²) in [5.74, 6) is 0.0338. The van der Waals surface area contributed by atoms with Crippen LogP contribution in [0.25, 0.3) is 0 Å². The molecule has 0 aliphatic carbocycles. The summed E-state index contributed by atoms with van der Waals surface area (Å²) in [5, 5.41) is 3.66. The number of carbonyl (C=O) groups is 1. The lowest BCUT2D eigenvalue weighted by Crippen LogP contribution is -2.37. The highest BCUT2D eigenvalue weighted by atomic mass is 16.2. The fourth-order valence-electron chi connectivity index (χ4n) is 4.22. The molecule has 0 saturated carbocycles. The van der Waals surface area contributed by atoms with Gasteiger partial charge in [-0.05, 0) is 65.6 Å². The van der Waals surface area contributed by atoms with Crippen molar-refractivity contribution in [2.24, 2.45) is 0 Å². The Morgan fingerprint density at radius 2 is 2.11 bits per heavy atom. The third kappa shape index (κ3) is 3.63. The van der Waals surface area contributed by atoms with Crippen molar-refractivity contribution in [1.29, 1.82) is 0 Å². The molecule has 1 saturated heterocycles. The molecular formula is C23H29N3O. The van der Waals surface area contributed by atoms with E-state index in [1.165, 1.54) is 35.1 Å². The van der Waals surface area contributed by atoms with E-state index in [0.29, 0.717) is 18.3 Å². The maximum atomic E-state index is 12.9. The molecule has 2 aliphatic rings. The van der Waals surface area contributed by atoms with Gasteiger partial charge in [0.05, 0.1) is 0 Å². The van der Waals surface area contributed by atoms with Crippen molar-refractivity contribution in [3.8, 4) is 0 Å². The minimum absolute atomic E-state index is 0.0338. The van der Waals surface area contributed by atoms with Gasteiger partial charge in [-0.1, -0.05) is 39.0 Å². The Hall–Kier alpha value is -2.20. The molecule has 1 aromatic carbocycles. The Labute approximate surface area is 162 Å². The van der Waals surface area contributed by atoms with Crippen LogP contribution in [0.15, 0.2) is 36.5 Å². The fourth-order valence-corrected chi connectivity index (χ4v) is 4.22. The standard InChI is InChI=1S/C23H29N3O/c1-23(2,3)17-13-16-9-12-26(22(27)21-7-4-5-10-25-21)15-19(16)18(14-17)20-8-6-11-24-20/h4-5,7,10,13-14,20,24H,6,8-9,11-12,15H2,1-3H3/t20-/m0/s1. The second-order valence-electron chi connectivity index (χ2n) is 8.79. The molecule has 27 heavy (non-hydrogen) atoms. The van der Waals surface area contributed by atoms with E-state index in [1.807, 2.05) is 17.0 Å². The highest BCUT2D eigenvalue weighted by Gasteiger charge is 2.29. The molecule has 142 valence electrons. The summed E-state index contributed by atoms with van der Waals surface area (Å²) in [6.07, 6.45) is 5.00. The molecule has 1 amide bonds. The van der Waals surface area contributed by atoms with Gasteiger partial charge in [0.15, 0.2) is 0 Å². The van der Waals surface area contributed by atoms with Crippen LogP contribution in [0.2, 0.25) is 0 Å².